The number of aromatic nitrogens is 3. The van der Waals surface area contributed by atoms with E-state index < -0.39 is 0 Å². The number of ether oxygens (including phenoxy) is 1. The number of thioether (sulfide) groups is 1. The van der Waals surface area contributed by atoms with E-state index >= 15 is 0 Å². The summed E-state index contributed by atoms with van der Waals surface area (Å²) in [6.07, 6.45) is 2.98. The number of morpholine rings is 1. The molecule has 0 radical (unpaired) electrons. The van der Waals surface area contributed by atoms with E-state index in [9.17, 15) is 4.79 Å². The number of carbonyl (C=O) groups is 1. The zero-order chi connectivity index (χ0) is 19.2. The van der Waals surface area contributed by atoms with E-state index in [2.05, 4.69) is 25.2 Å². The molecular weight excluding hydrogens is 382 g/mol. The first-order chi connectivity index (χ1) is 13.0. The summed E-state index contributed by atoms with van der Waals surface area (Å²) in [5, 5.41) is 6.35. The van der Waals surface area contributed by atoms with Crippen molar-refractivity contribution >= 4 is 34.1 Å². The molecule has 2 aromatic rings. The molecule has 1 N–H and O–H groups in total. The average molecular weight is 408 g/mol. The zero-order valence-corrected chi connectivity index (χ0v) is 17.6. The van der Waals surface area contributed by atoms with Gasteiger partial charge in [-0.25, -0.2) is 15.0 Å². The lowest BCUT2D eigenvalue weighted by atomic mass is 10.1. The highest BCUT2D eigenvalue weighted by Crippen LogP contribution is 2.19. The third-order valence-electron chi connectivity index (χ3n) is 4.47. The molecule has 146 valence electrons. The Kier molecular flexibility index (Phi) is 7.17. The fraction of sp³-hybridized carbons (Fsp3) is 0.556. The van der Waals surface area contributed by atoms with Crippen LogP contribution in [0.2, 0.25) is 0 Å². The maximum atomic E-state index is 12.3. The molecule has 1 aliphatic rings. The summed E-state index contributed by atoms with van der Waals surface area (Å²) in [5.74, 6) is -0.0324. The molecule has 3 rings (SSSR count). The van der Waals surface area contributed by atoms with Crippen LogP contribution in [0.1, 0.15) is 29.1 Å². The third kappa shape index (κ3) is 5.71. The molecule has 7 nitrogen and oxygen atoms in total. The number of nitrogens with one attached hydrogen (secondary N) is 1. The molecule has 0 atom stereocenters. The number of nitrogens with zero attached hydrogens (tertiary/aromatic N) is 4. The maximum absolute atomic E-state index is 12.3. The Morgan fingerprint density at radius 1 is 1.26 bits per heavy atom. The quantitative estimate of drug-likeness (QED) is 0.558. The van der Waals surface area contributed by atoms with E-state index in [1.54, 1.807) is 0 Å². The molecule has 1 aliphatic heterocycles. The Labute approximate surface area is 168 Å². The first kappa shape index (κ1) is 20.2. The lowest BCUT2D eigenvalue weighted by molar-refractivity contribution is -0.116. The number of aryl methyl sites for hydroxylation is 2. The predicted molar refractivity (Wildman–Crippen MR) is 108 cm³/mol. The zero-order valence-electron chi connectivity index (χ0n) is 15.9. The van der Waals surface area contributed by atoms with Crippen LogP contribution >= 0.6 is 23.1 Å². The summed E-state index contributed by atoms with van der Waals surface area (Å²) < 4.78 is 5.36. The largest absolute Gasteiger partial charge is 0.379 e. The van der Waals surface area contributed by atoms with Crippen molar-refractivity contribution in [3.8, 4) is 0 Å². The molecule has 1 saturated heterocycles. The summed E-state index contributed by atoms with van der Waals surface area (Å²) in [5.41, 5.74) is 3.93. The van der Waals surface area contributed by atoms with Crippen molar-refractivity contribution in [3.63, 3.8) is 0 Å². The monoisotopic (exact) mass is 407 g/mol. The van der Waals surface area contributed by atoms with E-state index in [0.717, 1.165) is 60.6 Å². The summed E-state index contributed by atoms with van der Waals surface area (Å²) >= 11 is 3.00. The number of hydrogen-bond acceptors (Lipinski definition) is 8. The van der Waals surface area contributed by atoms with E-state index in [4.69, 9.17) is 4.74 Å². The van der Waals surface area contributed by atoms with E-state index in [-0.39, 0.29) is 5.91 Å². The van der Waals surface area contributed by atoms with Crippen molar-refractivity contribution in [1.82, 2.24) is 19.9 Å². The number of amides is 1. The minimum absolute atomic E-state index is 0.0324. The van der Waals surface area contributed by atoms with Crippen LogP contribution in [0, 0.1) is 13.8 Å². The van der Waals surface area contributed by atoms with Gasteiger partial charge in [-0.3, -0.25) is 9.69 Å². The van der Waals surface area contributed by atoms with Crippen LogP contribution in [0.15, 0.2) is 10.5 Å². The third-order valence-corrected chi connectivity index (χ3v) is 5.83. The first-order valence-electron chi connectivity index (χ1n) is 8.97. The molecule has 0 unspecified atom stereocenters. The molecule has 0 bridgehead atoms. The minimum Gasteiger partial charge on any atom is -0.379 e. The normalized spacial score (nSPS) is 15.1. The fourth-order valence-electron chi connectivity index (χ4n) is 3.01. The molecule has 0 aliphatic carbocycles. The van der Waals surface area contributed by atoms with Gasteiger partial charge in [0.15, 0.2) is 10.3 Å². The maximum Gasteiger partial charge on any atom is 0.226 e. The highest BCUT2D eigenvalue weighted by atomic mass is 32.2. The second-order valence-corrected chi connectivity index (χ2v) is 8.07. The van der Waals surface area contributed by atoms with Crippen molar-refractivity contribution in [1.29, 1.82) is 0 Å². The Balaban J connectivity index is 1.51. The van der Waals surface area contributed by atoms with Gasteiger partial charge in [-0.1, -0.05) is 11.8 Å². The number of thiazole rings is 1. The van der Waals surface area contributed by atoms with Gasteiger partial charge < -0.3 is 10.1 Å². The second kappa shape index (κ2) is 9.59. The number of anilines is 1. The van der Waals surface area contributed by atoms with Crippen molar-refractivity contribution in [2.24, 2.45) is 0 Å². The van der Waals surface area contributed by atoms with Crippen LogP contribution in [-0.4, -0.2) is 58.3 Å². The Hall–Kier alpha value is -1.55. The van der Waals surface area contributed by atoms with Gasteiger partial charge in [0.25, 0.3) is 0 Å². The minimum atomic E-state index is -0.0324. The highest BCUT2D eigenvalue weighted by molar-refractivity contribution is 7.98. The molecule has 0 aromatic carbocycles. The summed E-state index contributed by atoms with van der Waals surface area (Å²) in [6, 6.07) is 0. The van der Waals surface area contributed by atoms with Crippen LogP contribution in [0.25, 0.3) is 0 Å². The molecule has 0 saturated carbocycles. The Bertz CT molecular complexity index is 767. The van der Waals surface area contributed by atoms with Crippen LogP contribution in [0.4, 0.5) is 5.13 Å². The Morgan fingerprint density at radius 2 is 1.96 bits per heavy atom. The SMILES string of the molecule is CSc1nc(C)c(CCC(=O)Nc2nc(CN3CCOCC3)cs2)c(C)n1. The van der Waals surface area contributed by atoms with E-state index in [1.807, 2.05) is 25.5 Å². The Morgan fingerprint density at radius 3 is 2.63 bits per heavy atom. The van der Waals surface area contributed by atoms with Crippen LogP contribution < -0.4 is 5.32 Å². The first-order valence-corrected chi connectivity index (χ1v) is 11.1. The van der Waals surface area contributed by atoms with Gasteiger partial charge in [-0.15, -0.1) is 11.3 Å². The molecule has 27 heavy (non-hydrogen) atoms. The smallest absolute Gasteiger partial charge is 0.226 e. The van der Waals surface area contributed by atoms with E-state index in [1.165, 1.54) is 23.1 Å². The molecule has 3 heterocycles. The standard InChI is InChI=1S/C18H25N5O2S2/c1-12-15(13(2)20-17(19-12)26-3)4-5-16(24)22-18-21-14(11-27-18)10-23-6-8-25-9-7-23/h11H,4-10H2,1-3H3,(H,21,22,24). The van der Waals surface area contributed by atoms with Crippen molar-refractivity contribution in [2.75, 3.05) is 37.9 Å². The number of carbonyl (C=O) groups excluding carboxylic acids is 1. The molecule has 1 amide bonds. The lowest BCUT2D eigenvalue weighted by Crippen LogP contribution is -2.35. The summed E-state index contributed by atoms with van der Waals surface area (Å²) in [4.78, 5) is 28.1. The second-order valence-electron chi connectivity index (χ2n) is 6.44. The van der Waals surface area contributed by atoms with Gasteiger partial charge in [-0.2, -0.15) is 0 Å². The summed E-state index contributed by atoms with van der Waals surface area (Å²) in [7, 11) is 0. The van der Waals surface area contributed by atoms with Crippen molar-refractivity contribution < 1.29 is 9.53 Å². The van der Waals surface area contributed by atoms with Crippen LogP contribution in [-0.2, 0) is 22.5 Å². The average Bonchev–Trinajstić information content (AvgIpc) is 3.08. The van der Waals surface area contributed by atoms with Gasteiger partial charge in [0.2, 0.25) is 5.91 Å². The number of rotatable bonds is 7. The van der Waals surface area contributed by atoms with Gasteiger partial charge in [-0.05, 0) is 32.1 Å². The molecule has 0 spiro atoms. The molecule has 2 aromatic heterocycles. The van der Waals surface area contributed by atoms with Crippen molar-refractivity contribution in [2.45, 2.75) is 38.4 Å². The fourth-order valence-corrected chi connectivity index (χ4v) is 4.18. The molecular formula is C18H25N5O2S2. The predicted octanol–water partition coefficient (Wildman–Crippen LogP) is 2.68. The van der Waals surface area contributed by atoms with Crippen molar-refractivity contribution in [3.05, 3.63) is 28.0 Å². The highest BCUT2D eigenvalue weighted by Gasteiger charge is 2.14. The molecule has 9 heteroatoms. The molecule has 1 fully saturated rings. The van der Waals surface area contributed by atoms with Gasteiger partial charge >= 0.3 is 0 Å². The summed E-state index contributed by atoms with van der Waals surface area (Å²) in [6.45, 7) is 8.14. The van der Waals surface area contributed by atoms with E-state index in [0.29, 0.717) is 18.0 Å². The van der Waals surface area contributed by atoms with Crippen LogP contribution in [0.5, 0.6) is 0 Å². The van der Waals surface area contributed by atoms with Crippen LogP contribution in [0.3, 0.4) is 0 Å². The van der Waals surface area contributed by atoms with Gasteiger partial charge in [0.05, 0.1) is 18.9 Å². The van der Waals surface area contributed by atoms with Gasteiger partial charge in [0.1, 0.15) is 0 Å². The van der Waals surface area contributed by atoms with Gasteiger partial charge in [0, 0.05) is 42.8 Å². The number of hydrogen-bond donors (Lipinski definition) is 1. The topological polar surface area (TPSA) is 80.2 Å². The lowest BCUT2D eigenvalue weighted by Gasteiger charge is -2.25.